The van der Waals surface area contributed by atoms with Gasteiger partial charge in [-0.1, -0.05) is 23.7 Å². The van der Waals surface area contributed by atoms with E-state index < -0.39 is 17.6 Å². The highest BCUT2D eigenvalue weighted by Gasteiger charge is 2.32. The molecule has 3 heterocycles. The molecule has 1 aromatic carbocycles. The molecule has 0 saturated heterocycles. The molecule has 160 valence electrons. The van der Waals surface area contributed by atoms with Crippen molar-refractivity contribution in [2.45, 2.75) is 25.6 Å². The molecule has 8 nitrogen and oxygen atoms in total. The van der Waals surface area contributed by atoms with Crippen LogP contribution in [0.2, 0.25) is 5.02 Å². The first-order valence-corrected chi connectivity index (χ1v) is 9.45. The fourth-order valence-electron chi connectivity index (χ4n) is 3.03. The number of aromatic nitrogens is 5. The number of hydrogen-bond donors (Lipinski definition) is 2. The summed E-state index contributed by atoms with van der Waals surface area (Å²) in [6.07, 6.45) is -3.58. The Morgan fingerprint density at radius 2 is 2.00 bits per heavy atom. The van der Waals surface area contributed by atoms with Crippen molar-refractivity contribution in [1.82, 2.24) is 29.9 Å². The zero-order chi connectivity index (χ0) is 22.2. The van der Waals surface area contributed by atoms with E-state index in [4.69, 9.17) is 11.6 Å². The Hall–Kier alpha value is -3.47. The summed E-state index contributed by atoms with van der Waals surface area (Å²) in [6.45, 7) is -0.153. The van der Waals surface area contributed by atoms with Crippen molar-refractivity contribution in [2.24, 2.45) is 0 Å². The Morgan fingerprint density at radius 3 is 2.77 bits per heavy atom. The zero-order valence-electron chi connectivity index (χ0n) is 15.7. The maximum atomic E-state index is 13.0. The third-order valence-corrected chi connectivity index (χ3v) is 4.83. The van der Waals surface area contributed by atoms with E-state index in [9.17, 15) is 22.8 Å². The third kappa shape index (κ3) is 4.36. The summed E-state index contributed by atoms with van der Waals surface area (Å²) in [5.41, 5.74) is -0.678. The lowest BCUT2D eigenvalue weighted by atomic mass is 10.2. The number of halogens is 4. The Morgan fingerprint density at radius 1 is 1.23 bits per heavy atom. The van der Waals surface area contributed by atoms with Crippen molar-refractivity contribution in [3.8, 4) is 0 Å². The molecule has 0 fully saturated rings. The number of H-pyrrole nitrogens is 1. The monoisotopic (exact) mass is 450 g/mol. The third-order valence-electron chi connectivity index (χ3n) is 4.55. The summed E-state index contributed by atoms with van der Waals surface area (Å²) < 4.78 is 40.2. The second-order valence-corrected chi connectivity index (χ2v) is 7.10. The van der Waals surface area contributed by atoms with Gasteiger partial charge in [0.05, 0.1) is 28.0 Å². The van der Waals surface area contributed by atoms with Crippen LogP contribution in [-0.4, -0.2) is 30.5 Å². The van der Waals surface area contributed by atoms with Gasteiger partial charge in [0.25, 0.3) is 5.56 Å². The summed E-state index contributed by atoms with van der Waals surface area (Å²) in [5, 5.41) is 10.4. The number of nitrogens with zero attached hydrogens (tertiary/aromatic N) is 4. The maximum Gasteiger partial charge on any atom is 0.417 e. The highest BCUT2D eigenvalue weighted by atomic mass is 35.5. The molecule has 0 aliphatic carbocycles. The van der Waals surface area contributed by atoms with E-state index in [0.717, 1.165) is 16.7 Å². The predicted octanol–water partition coefficient (Wildman–Crippen LogP) is 2.89. The number of carbonyl (C=O) groups excluding carboxylic acids is 1. The molecule has 0 bridgehead atoms. The van der Waals surface area contributed by atoms with Gasteiger partial charge in [0, 0.05) is 19.0 Å². The lowest BCUT2D eigenvalue weighted by Gasteiger charge is -2.09. The van der Waals surface area contributed by atoms with Crippen LogP contribution in [0.4, 0.5) is 13.2 Å². The number of carbonyl (C=O) groups is 1. The molecule has 0 radical (unpaired) electrons. The van der Waals surface area contributed by atoms with E-state index >= 15 is 0 Å². The van der Waals surface area contributed by atoms with Gasteiger partial charge >= 0.3 is 6.18 Å². The lowest BCUT2D eigenvalue weighted by Crippen LogP contribution is -2.25. The second-order valence-electron chi connectivity index (χ2n) is 6.69. The number of amides is 1. The smallest absolute Gasteiger partial charge is 0.349 e. The first kappa shape index (κ1) is 20.8. The van der Waals surface area contributed by atoms with E-state index in [2.05, 4.69) is 25.5 Å². The average Bonchev–Trinajstić information content (AvgIpc) is 3.14. The largest absolute Gasteiger partial charge is 0.417 e. The summed E-state index contributed by atoms with van der Waals surface area (Å²) in [4.78, 5) is 31.2. The van der Waals surface area contributed by atoms with Crippen LogP contribution in [0.15, 0.2) is 41.3 Å². The van der Waals surface area contributed by atoms with E-state index in [1.165, 1.54) is 0 Å². The SMILES string of the molecule is O=C(CCc1nc2ccccc2c(=O)[nH]1)NCc1nnc2c(Cl)cc(C(F)(F)F)cn12. The summed E-state index contributed by atoms with van der Waals surface area (Å²) >= 11 is 5.87. The Bertz CT molecular complexity index is 1350. The van der Waals surface area contributed by atoms with Crippen molar-refractivity contribution in [1.29, 1.82) is 0 Å². The number of para-hydroxylation sites is 1. The van der Waals surface area contributed by atoms with E-state index in [0.29, 0.717) is 16.7 Å². The number of hydrogen-bond acceptors (Lipinski definition) is 5. The molecule has 31 heavy (non-hydrogen) atoms. The van der Waals surface area contributed by atoms with Gasteiger partial charge in [0.15, 0.2) is 11.5 Å². The Balaban J connectivity index is 1.44. The highest BCUT2D eigenvalue weighted by molar-refractivity contribution is 6.33. The van der Waals surface area contributed by atoms with Gasteiger partial charge in [-0.15, -0.1) is 10.2 Å². The summed E-state index contributed by atoms with van der Waals surface area (Å²) in [7, 11) is 0. The zero-order valence-corrected chi connectivity index (χ0v) is 16.5. The minimum atomic E-state index is -4.59. The van der Waals surface area contributed by atoms with Gasteiger partial charge in [-0.05, 0) is 18.2 Å². The molecule has 4 rings (SSSR count). The lowest BCUT2D eigenvalue weighted by molar-refractivity contribution is -0.137. The fraction of sp³-hybridized carbons (Fsp3) is 0.211. The standard InChI is InChI=1S/C19H14ClF3N6O2/c20-12-7-10(19(21,22)23)9-29-15(27-28-17(12)29)8-24-16(30)6-5-14-25-13-4-2-1-3-11(13)18(31)26-14/h1-4,7,9H,5-6,8H2,(H,24,30)(H,25,26,31). The number of nitrogens with one attached hydrogen (secondary N) is 2. The highest BCUT2D eigenvalue weighted by Crippen LogP contribution is 2.32. The number of rotatable bonds is 5. The second kappa shape index (κ2) is 7.99. The van der Waals surface area contributed by atoms with Crippen LogP contribution in [0.3, 0.4) is 0 Å². The summed E-state index contributed by atoms with van der Waals surface area (Å²) in [5.74, 6) is 0.0487. The van der Waals surface area contributed by atoms with Gasteiger partial charge < -0.3 is 10.3 Å². The molecule has 0 saturated carbocycles. The molecule has 0 spiro atoms. The molecule has 0 aliphatic heterocycles. The predicted molar refractivity (Wildman–Crippen MR) is 106 cm³/mol. The van der Waals surface area contributed by atoms with E-state index in [1.807, 2.05) is 0 Å². The van der Waals surface area contributed by atoms with Gasteiger partial charge in [-0.2, -0.15) is 13.2 Å². The number of pyridine rings is 1. The van der Waals surface area contributed by atoms with Crippen LogP contribution < -0.4 is 10.9 Å². The molecule has 0 atom stereocenters. The Labute approximate surface area is 177 Å². The van der Waals surface area contributed by atoms with Crippen LogP contribution >= 0.6 is 11.6 Å². The molecular formula is C19H14ClF3N6O2. The van der Waals surface area contributed by atoms with Crippen LogP contribution in [0.5, 0.6) is 0 Å². The van der Waals surface area contributed by atoms with Crippen LogP contribution in [0.1, 0.15) is 23.6 Å². The minimum absolute atomic E-state index is 0.00652. The van der Waals surface area contributed by atoms with Gasteiger partial charge in [0.2, 0.25) is 5.91 Å². The van der Waals surface area contributed by atoms with Gasteiger partial charge in [0.1, 0.15) is 5.82 Å². The Kier molecular flexibility index (Phi) is 5.36. The molecular weight excluding hydrogens is 437 g/mol. The van der Waals surface area contributed by atoms with Crippen molar-refractivity contribution >= 4 is 34.1 Å². The topological polar surface area (TPSA) is 105 Å². The molecule has 0 unspecified atom stereocenters. The van der Waals surface area contributed by atoms with Crippen molar-refractivity contribution in [2.75, 3.05) is 0 Å². The number of alkyl halides is 3. The summed E-state index contributed by atoms with van der Waals surface area (Å²) in [6, 6.07) is 7.60. The number of aromatic amines is 1. The van der Waals surface area contributed by atoms with Crippen LogP contribution in [-0.2, 0) is 23.9 Å². The molecule has 1 amide bonds. The van der Waals surface area contributed by atoms with Crippen LogP contribution in [0, 0.1) is 0 Å². The quantitative estimate of drug-likeness (QED) is 0.486. The average molecular weight is 451 g/mol. The van der Waals surface area contributed by atoms with Crippen LogP contribution in [0.25, 0.3) is 16.6 Å². The van der Waals surface area contributed by atoms with E-state index in [-0.39, 0.29) is 41.4 Å². The molecule has 12 heteroatoms. The molecule has 2 N–H and O–H groups in total. The van der Waals surface area contributed by atoms with Crippen molar-refractivity contribution in [3.63, 3.8) is 0 Å². The molecule has 0 aliphatic rings. The van der Waals surface area contributed by atoms with Gasteiger partial charge in [-0.25, -0.2) is 4.98 Å². The first-order chi connectivity index (χ1) is 14.7. The van der Waals surface area contributed by atoms with Gasteiger partial charge in [-0.3, -0.25) is 14.0 Å². The maximum absolute atomic E-state index is 13.0. The number of fused-ring (bicyclic) bond motifs is 2. The molecule has 3 aromatic heterocycles. The van der Waals surface area contributed by atoms with Crippen molar-refractivity contribution in [3.05, 3.63) is 69.1 Å². The fourth-order valence-corrected chi connectivity index (χ4v) is 3.27. The number of aryl methyl sites for hydroxylation is 1. The normalized spacial score (nSPS) is 11.9. The van der Waals surface area contributed by atoms with Crippen molar-refractivity contribution < 1.29 is 18.0 Å². The number of benzene rings is 1. The minimum Gasteiger partial charge on any atom is -0.349 e. The first-order valence-electron chi connectivity index (χ1n) is 9.07. The molecule has 4 aromatic rings. The van der Waals surface area contributed by atoms with E-state index in [1.54, 1.807) is 24.3 Å².